The SMILES string of the molecule is CNCc1ccc(NC(=O)c2ccc(C(=O)Nc3ccc(-n4cncn4)cc3)s2)c(C)c1. The Balaban J connectivity index is 1.39. The molecule has 32 heavy (non-hydrogen) atoms. The molecule has 0 aliphatic carbocycles. The van der Waals surface area contributed by atoms with Gasteiger partial charge in [-0.05, 0) is 67.6 Å². The molecule has 162 valence electrons. The number of thiophene rings is 1. The van der Waals surface area contributed by atoms with Crippen molar-refractivity contribution >= 4 is 34.5 Å². The lowest BCUT2D eigenvalue weighted by molar-refractivity contribution is 0.102. The van der Waals surface area contributed by atoms with Crippen LogP contribution in [0.2, 0.25) is 0 Å². The maximum absolute atomic E-state index is 12.7. The van der Waals surface area contributed by atoms with Crippen LogP contribution in [0.3, 0.4) is 0 Å². The average Bonchev–Trinajstić information content (AvgIpc) is 3.49. The van der Waals surface area contributed by atoms with Gasteiger partial charge < -0.3 is 16.0 Å². The van der Waals surface area contributed by atoms with E-state index in [1.165, 1.54) is 6.33 Å². The third-order valence-electron chi connectivity index (χ3n) is 4.78. The zero-order valence-electron chi connectivity index (χ0n) is 17.6. The molecular formula is C23H22N6O2S. The summed E-state index contributed by atoms with van der Waals surface area (Å²) in [5.41, 5.74) is 4.37. The second kappa shape index (κ2) is 9.54. The topological polar surface area (TPSA) is 101 Å². The number of hydrogen-bond acceptors (Lipinski definition) is 6. The van der Waals surface area contributed by atoms with Crippen LogP contribution in [0.1, 0.15) is 30.5 Å². The van der Waals surface area contributed by atoms with Crippen molar-refractivity contribution in [2.45, 2.75) is 13.5 Å². The summed E-state index contributed by atoms with van der Waals surface area (Å²) in [6.45, 7) is 2.72. The van der Waals surface area contributed by atoms with Crippen molar-refractivity contribution < 1.29 is 9.59 Å². The third kappa shape index (κ3) is 4.90. The number of nitrogens with zero attached hydrogens (tertiary/aromatic N) is 3. The Labute approximate surface area is 189 Å². The number of nitrogens with one attached hydrogen (secondary N) is 3. The second-order valence-electron chi connectivity index (χ2n) is 7.14. The van der Waals surface area contributed by atoms with Crippen molar-refractivity contribution in [3.05, 3.63) is 88.1 Å². The van der Waals surface area contributed by atoms with Crippen molar-refractivity contribution in [1.29, 1.82) is 0 Å². The van der Waals surface area contributed by atoms with Gasteiger partial charge in [0.1, 0.15) is 12.7 Å². The Morgan fingerprint density at radius 1 is 0.969 bits per heavy atom. The van der Waals surface area contributed by atoms with E-state index in [-0.39, 0.29) is 11.8 Å². The van der Waals surface area contributed by atoms with Crippen molar-refractivity contribution in [2.24, 2.45) is 0 Å². The minimum atomic E-state index is -0.268. The Kier molecular flexibility index (Phi) is 6.39. The molecule has 4 aromatic rings. The summed E-state index contributed by atoms with van der Waals surface area (Å²) in [6, 6.07) is 16.5. The van der Waals surface area contributed by atoms with Crippen LogP contribution in [0.25, 0.3) is 5.69 Å². The molecule has 4 rings (SSSR count). The van der Waals surface area contributed by atoms with Gasteiger partial charge in [0.05, 0.1) is 15.4 Å². The van der Waals surface area contributed by atoms with Gasteiger partial charge in [-0.15, -0.1) is 11.3 Å². The fraction of sp³-hybridized carbons (Fsp3) is 0.130. The number of amides is 2. The molecule has 0 aliphatic rings. The van der Waals surface area contributed by atoms with Crippen LogP contribution in [0.15, 0.2) is 67.3 Å². The normalized spacial score (nSPS) is 10.7. The molecule has 8 nitrogen and oxygen atoms in total. The molecule has 2 aromatic heterocycles. The average molecular weight is 447 g/mol. The number of rotatable bonds is 7. The second-order valence-corrected chi connectivity index (χ2v) is 8.22. The first-order chi connectivity index (χ1) is 15.5. The lowest BCUT2D eigenvalue weighted by Gasteiger charge is -2.09. The smallest absolute Gasteiger partial charge is 0.265 e. The monoisotopic (exact) mass is 446 g/mol. The van der Waals surface area contributed by atoms with E-state index in [9.17, 15) is 9.59 Å². The van der Waals surface area contributed by atoms with E-state index in [4.69, 9.17) is 0 Å². The maximum atomic E-state index is 12.7. The first-order valence-corrected chi connectivity index (χ1v) is 10.8. The van der Waals surface area contributed by atoms with Gasteiger partial charge in [-0.25, -0.2) is 9.67 Å². The molecular weight excluding hydrogens is 424 g/mol. The van der Waals surface area contributed by atoms with Gasteiger partial charge in [-0.1, -0.05) is 12.1 Å². The van der Waals surface area contributed by atoms with Gasteiger partial charge in [0.25, 0.3) is 11.8 Å². The van der Waals surface area contributed by atoms with Gasteiger partial charge >= 0.3 is 0 Å². The summed E-state index contributed by atoms with van der Waals surface area (Å²) in [4.78, 5) is 30.1. The zero-order valence-corrected chi connectivity index (χ0v) is 18.4. The Morgan fingerprint density at radius 3 is 2.31 bits per heavy atom. The molecule has 0 saturated heterocycles. The molecule has 9 heteroatoms. The first kappa shape index (κ1) is 21.4. The van der Waals surface area contributed by atoms with Gasteiger partial charge in [-0.3, -0.25) is 9.59 Å². The van der Waals surface area contributed by atoms with E-state index in [2.05, 4.69) is 26.0 Å². The Bertz CT molecular complexity index is 1230. The summed E-state index contributed by atoms with van der Waals surface area (Å²) in [7, 11) is 1.89. The van der Waals surface area contributed by atoms with E-state index >= 15 is 0 Å². The lowest BCUT2D eigenvalue weighted by atomic mass is 10.1. The molecule has 2 heterocycles. The van der Waals surface area contributed by atoms with Crippen molar-refractivity contribution in [1.82, 2.24) is 20.1 Å². The van der Waals surface area contributed by atoms with Gasteiger partial charge in [-0.2, -0.15) is 5.10 Å². The van der Waals surface area contributed by atoms with Crippen LogP contribution in [0, 0.1) is 6.92 Å². The summed E-state index contributed by atoms with van der Waals surface area (Å²) in [5.74, 6) is -0.508. The van der Waals surface area contributed by atoms with Crippen molar-refractivity contribution in [3.8, 4) is 5.69 Å². The number of benzene rings is 2. The summed E-state index contributed by atoms with van der Waals surface area (Å²) in [6.07, 6.45) is 3.06. The van der Waals surface area contributed by atoms with Crippen molar-refractivity contribution in [3.63, 3.8) is 0 Å². The highest BCUT2D eigenvalue weighted by Gasteiger charge is 2.15. The fourth-order valence-electron chi connectivity index (χ4n) is 3.18. The molecule has 2 amide bonds. The van der Waals surface area contributed by atoms with E-state index in [0.29, 0.717) is 15.4 Å². The molecule has 2 aromatic carbocycles. The standard InChI is InChI=1S/C23H22N6O2S/c1-15-11-16(12-24-2)3-8-19(15)28-23(31)21-10-9-20(32-21)22(30)27-17-4-6-18(7-5-17)29-14-25-13-26-29/h3-11,13-14,24H,12H2,1-2H3,(H,27,30)(H,28,31). The molecule has 0 unspecified atom stereocenters. The van der Waals surface area contributed by atoms with Crippen LogP contribution in [-0.4, -0.2) is 33.6 Å². The van der Waals surface area contributed by atoms with E-state index in [0.717, 1.165) is 40.4 Å². The maximum Gasteiger partial charge on any atom is 0.265 e. The lowest BCUT2D eigenvalue weighted by Crippen LogP contribution is -2.12. The minimum Gasteiger partial charge on any atom is -0.321 e. The molecule has 0 atom stereocenters. The van der Waals surface area contributed by atoms with Crippen LogP contribution < -0.4 is 16.0 Å². The molecule has 0 bridgehead atoms. The number of carbonyl (C=O) groups is 2. The Morgan fingerprint density at radius 2 is 1.69 bits per heavy atom. The summed E-state index contributed by atoms with van der Waals surface area (Å²) in [5, 5.41) is 12.9. The summed E-state index contributed by atoms with van der Waals surface area (Å²) >= 11 is 1.15. The first-order valence-electron chi connectivity index (χ1n) is 9.95. The molecule has 0 saturated carbocycles. The number of hydrogen-bond donors (Lipinski definition) is 3. The fourth-order valence-corrected chi connectivity index (χ4v) is 3.97. The van der Waals surface area contributed by atoms with E-state index in [1.54, 1.807) is 35.3 Å². The van der Waals surface area contributed by atoms with E-state index < -0.39 is 0 Å². The van der Waals surface area contributed by atoms with Crippen molar-refractivity contribution in [2.75, 3.05) is 17.7 Å². The van der Waals surface area contributed by atoms with Crippen LogP contribution in [0.4, 0.5) is 11.4 Å². The molecule has 0 fully saturated rings. The third-order valence-corrected chi connectivity index (χ3v) is 5.86. The van der Waals surface area contributed by atoms with Crippen LogP contribution >= 0.6 is 11.3 Å². The minimum absolute atomic E-state index is 0.240. The predicted molar refractivity (Wildman–Crippen MR) is 126 cm³/mol. The number of carbonyl (C=O) groups excluding carboxylic acids is 2. The van der Waals surface area contributed by atoms with Crippen LogP contribution in [-0.2, 0) is 6.54 Å². The largest absolute Gasteiger partial charge is 0.321 e. The number of aryl methyl sites for hydroxylation is 1. The number of anilines is 2. The quantitative estimate of drug-likeness (QED) is 0.400. The van der Waals surface area contributed by atoms with Gasteiger partial charge in [0, 0.05) is 17.9 Å². The highest BCUT2D eigenvalue weighted by Crippen LogP contribution is 2.22. The molecule has 0 radical (unpaired) electrons. The highest BCUT2D eigenvalue weighted by molar-refractivity contribution is 7.16. The van der Waals surface area contributed by atoms with Gasteiger partial charge in [0.2, 0.25) is 0 Å². The van der Waals surface area contributed by atoms with Gasteiger partial charge in [0.15, 0.2) is 0 Å². The Hall–Kier alpha value is -3.82. The molecule has 0 spiro atoms. The zero-order chi connectivity index (χ0) is 22.5. The summed E-state index contributed by atoms with van der Waals surface area (Å²) < 4.78 is 1.63. The van der Waals surface area contributed by atoms with E-state index in [1.807, 2.05) is 44.3 Å². The highest BCUT2D eigenvalue weighted by atomic mass is 32.1. The predicted octanol–water partition coefficient (Wildman–Crippen LogP) is 3.86. The number of aromatic nitrogens is 3. The van der Waals surface area contributed by atoms with Crippen LogP contribution in [0.5, 0.6) is 0 Å². The molecule has 3 N–H and O–H groups in total. The molecule has 0 aliphatic heterocycles.